The highest BCUT2D eigenvalue weighted by molar-refractivity contribution is 5.94. The molecule has 0 saturated carbocycles. The van der Waals surface area contributed by atoms with Gasteiger partial charge in [0.05, 0.1) is 19.8 Å². The number of amides is 2. The number of carbonyl (C=O) groups excluding carboxylic acids is 2. The van der Waals surface area contributed by atoms with E-state index in [1.165, 1.54) is 6.92 Å². The fourth-order valence-corrected chi connectivity index (χ4v) is 2.78. The number of hydrogen-bond acceptors (Lipinski definition) is 6. The van der Waals surface area contributed by atoms with Crippen LogP contribution in [0.4, 0.5) is 5.69 Å². The van der Waals surface area contributed by atoms with Gasteiger partial charge in [0.2, 0.25) is 18.6 Å². The van der Waals surface area contributed by atoms with Crippen LogP contribution in [0.15, 0.2) is 18.2 Å². The van der Waals surface area contributed by atoms with Crippen molar-refractivity contribution < 1.29 is 23.8 Å². The molecule has 0 atom stereocenters. The summed E-state index contributed by atoms with van der Waals surface area (Å²) in [5.74, 6) is 0.910. The molecule has 2 aliphatic rings. The summed E-state index contributed by atoms with van der Waals surface area (Å²) >= 11 is 0. The van der Waals surface area contributed by atoms with Gasteiger partial charge in [-0.15, -0.1) is 0 Å². The molecule has 0 bridgehead atoms. The van der Waals surface area contributed by atoms with Crippen molar-refractivity contribution in [1.29, 1.82) is 0 Å². The first-order valence-electron chi connectivity index (χ1n) is 8.37. The topological polar surface area (TPSA) is 80.3 Å². The molecule has 1 fully saturated rings. The lowest BCUT2D eigenvalue weighted by atomic mass is 10.2. The second kappa shape index (κ2) is 8.17. The first kappa shape index (κ1) is 17.5. The van der Waals surface area contributed by atoms with E-state index in [-0.39, 0.29) is 25.2 Å². The molecule has 1 aromatic rings. The number of rotatable bonds is 6. The van der Waals surface area contributed by atoms with Gasteiger partial charge in [-0.3, -0.25) is 14.5 Å². The number of nitrogens with one attached hydrogen (secondary N) is 1. The highest BCUT2D eigenvalue weighted by Crippen LogP contribution is 2.34. The van der Waals surface area contributed by atoms with E-state index in [9.17, 15) is 9.59 Å². The van der Waals surface area contributed by atoms with Crippen molar-refractivity contribution in [1.82, 2.24) is 9.80 Å². The van der Waals surface area contributed by atoms with Crippen LogP contribution in [0.5, 0.6) is 11.5 Å². The first-order chi connectivity index (χ1) is 12.1. The van der Waals surface area contributed by atoms with Crippen LogP contribution < -0.4 is 14.8 Å². The van der Waals surface area contributed by atoms with Gasteiger partial charge < -0.3 is 24.4 Å². The number of morpholine rings is 1. The lowest BCUT2D eigenvalue weighted by Crippen LogP contribution is -2.44. The Bertz CT molecular complexity index is 631. The smallest absolute Gasteiger partial charge is 0.243 e. The minimum absolute atomic E-state index is 0.0219. The molecular formula is C17H23N3O5. The highest BCUT2D eigenvalue weighted by Gasteiger charge is 2.18. The Morgan fingerprint density at radius 1 is 1.20 bits per heavy atom. The monoisotopic (exact) mass is 349 g/mol. The van der Waals surface area contributed by atoms with Crippen LogP contribution in [-0.2, 0) is 14.3 Å². The average Bonchev–Trinajstić information content (AvgIpc) is 3.07. The van der Waals surface area contributed by atoms with Crippen molar-refractivity contribution in [3.8, 4) is 11.5 Å². The molecule has 2 aliphatic heterocycles. The maximum atomic E-state index is 12.3. The third-order valence-electron chi connectivity index (χ3n) is 4.23. The summed E-state index contributed by atoms with van der Waals surface area (Å²) in [5.41, 5.74) is 0.617. The van der Waals surface area contributed by atoms with E-state index in [4.69, 9.17) is 14.2 Å². The van der Waals surface area contributed by atoms with Gasteiger partial charge in [0.15, 0.2) is 11.5 Å². The van der Waals surface area contributed by atoms with Crippen molar-refractivity contribution in [3.63, 3.8) is 0 Å². The van der Waals surface area contributed by atoms with Crippen LogP contribution in [0.3, 0.4) is 0 Å². The van der Waals surface area contributed by atoms with Crippen LogP contribution in [-0.4, -0.2) is 74.3 Å². The Morgan fingerprint density at radius 3 is 2.72 bits per heavy atom. The number of nitrogens with zero attached hydrogens (tertiary/aromatic N) is 2. The molecule has 1 aromatic carbocycles. The summed E-state index contributed by atoms with van der Waals surface area (Å²) in [6, 6.07) is 5.21. The molecule has 1 saturated heterocycles. The van der Waals surface area contributed by atoms with E-state index >= 15 is 0 Å². The van der Waals surface area contributed by atoms with E-state index in [2.05, 4.69) is 10.2 Å². The Kier molecular flexibility index (Phi) is 5.72. The molecule has 2 amide bonds. The molecule has 0 radical (unpaired) electrons. The normalized spacial score (nSPS) is 16.5. The molecule has 0 spiro atoms. The van der Waals surface area contributed by atoms with E-state index in [0.29, 0.717) is 36.9 Å². The number of ether oxygens (including phenoxy) is 3. The van der Waals surface area contributed by atoms with Crippen molar-refractivity contribution in [3.05, 3.63) is 18.2 Å². The molecule has 25 heavy (non-hydrogen) atoms. The van der Waals surface area contributed by atoms with Crippen LogP contribution in [0.1, 0.15) is 6.92 Å². The predicted molar refractivity (Wildman–Crippen MR) is 90.7 cm³/mol. The zero-order valence-corrected chi connectivity index (χ0v) is 14.3. The lowest BCUT2D eigenvalue weighted by molar-refractivity contribution is -0.133. The second-order valence-electron chi connectivity index (χ2n) is 6.01. The van der Waals surface area contributed by atoms with Crippen molar-refractivity contribution >= 4 is 17.5 Å². The Hall–Kier alpha value is -2.32. The molecule has 8 heteroatoms. The SMILES string of the molecule is CC(=O)N(CCN1CCOCC1)CC(=O)Nc1ccc2c(c1)OCO2. The van der Waals surface area contributed by atoms with Crippen molar-refractivity contribution in [2.75, 3.05) is 58.0 Å². The van der Waals surface area contributed by atoms with E-state index in [0.717, 1.165) is 19.6 Å². The Labute approximate surface area is 146 Å². The van der Waals surface area contributed by atoms with Crippen LogP contribution in [0, 0.1) is 0 Å². The minimum Gasteiger partial charge on any atom is -0.454 e. The van der Waals surface area contributed by atoms with Gasteiger partial charge >= 0.3 is 0 Å². The summed E-state index contributed by atoms with van der Waals surface area (Å²) in [5, 5.41) is 2.79. The van der Waals surface area contributed by atoms with Crippen LogP contribution >= 0.6 is 0 Å². The molecule has 1 N–H and O–H groups in total. The number of benzene rings is 1. The highest BCUT2D eigenvalue weighted by atomic mass is 16.7. The molecule has 3 rings (SSSR count). The third-order valence-corrected chi connectivity index (χ3v) is 4.23. The molecular weight excluding hydrogens is 326 g/mol. The van der Waals surface area contributed by atoms with E-state index in [1.807, 2.05) is 0 Å². The van der Waals surface area contributed by atoms with Gasteiger partial charge in [-0.2, -0.15) is 0 Å². The zero-order valence-electron chi connectivity index (χ0n) is 14.3. The van der Waals surface area contributed by atoms with Gasteiger partial charge in [-0.05, 0) is 12.1 Å². The molecule has 0 unspecified atom stereocenters. The molecule has 8 nitrogen and oxygen atoms in total. The average molecular weight is 349 g/mol. The maximum Gasteiger partial charge on any atom is 0.243 e. The summed E-state index contributed by atoms with van der Waals surface area (Å²) in [6.45, 7) is 6.08. The Balaban J connectivity index is 1.50. The molecule has 136 valence electrons. The summed E-state index contributed by atoms with van der Waals surface area (Å²) in [4.78, 5) is 27.9. The number of carbonyl (C=O) groups is 2. The summed E-state index contributed by atoms with van der Waals surface area (Å²) in [6.07, 6.45) is 0. The summed E-state index contributed by atoms with van der Waals surface area (Å²) in [7, 11) is 0. The number of hydrogen-bond donors (Lipinski definition) is 1. The van der Waals surface area contributed by atoms with Crippen molar-refractivity contribution in [2.45, 2.75) is 6.92 Å². The van der Waals surface area contributed by atoms with E-state index < -0.39 is 0 Å². The van der Waals surface area contributed by atoms with Gasteiger partial charge in [0, 0.05) is 44.9 Å². The van der Waals surface area contributed by atoms with Crippen molar-refractivity contribution in [2.24, 2.45) is 0 Å². The zero-order chi connectivity index (χ0) is 17.6. The van der Waals surface area contributed by atoms with Gasteiger partial charge in [0.25, 0.3) is 0 Å². The van der Waals surface area contributed by atoms with Gasteiger partial charge in [0.1, 0.15) is 0 Å². The standard InChI is InChI=1S/C17H23N3O5/c1-13(21)20(5-4-19-6-8-23-9-7-19)11-17(22)18-14-2-3-15-16(10-14)25-12-24-15/h2-3,10H,4-9,11-12H2,1H3,(H,18,22). The lowest BCUT2D eigenvalue weighted by Gasteiger charge is -2.29. The first-order valence-corrected chi connectivity index (χ1v) is 8.37. The van der Waals surface area contributed by atoms with Crippen LogP contribution in [0.25, 0.3) is 0 Å². The number of anilines is 1. The fourth-order valence-electron chi connectivity index (χ4n) is 2.78. The number of fused-ring (bicyclic) bond motifs is 1. The van der Waals surface area contributed by atoms with Gasteiger partial charge in [-0.1, -0.05) is 0 Å². The third kappa shape index (κ3) is 4.83. The molecule has 2 heterocycles. The van der Waals surface area contributed by atoms with Gasteiger partial charge in [-0.25, -0.2) is 0 Å². The molecule has 0 aromatic heterocycles. The van der Waals surface area contributed by atoms with Crippen LogP contribution in [0.2, 0.25) is 0 Å². The summed E-state index contributed by atoms with van der Waals surface area (Å²) < 4.78 is 15.8. The molecule has 0 aliphatic carbocycles. The Morgan fingerprint density at radius 2 is 1.96 bits per heavy atom. The maximum absolute atomic E-state index is 12.3. The second-order valence-corrected chi connectivity index (χ2v) is 6.01. The predicted octanol–water partition coefficient (Wildman–Crippen LogP) is 0.534. The van der Waals surface area contributed by atoms with E-state index in [1.54, 1.807) is 23.1 Å². The minimum atomic E-state index is -0.240. The quantitative estimate of drug-likeness (QED) is 0.807. The fraction of sp³-hybridized carbons (Fsp3) is 0.529. The largest absolute Gasteiger partial charge is 0.454 e.